The molecule has 0 aliphatic rings. The third-order valence-corrected chi connectivity index (χ3v) is 4.58. The fraction of sp³-hybridized carbons (Fsp3) is 0. The Balaban J connectivity index is 0.00000176. The van der Waals surface area contributed by atoms with Gasteiger partial charge in [0, 0.05) is 0 Å². The second-order valence-electron chi connectivity index (χ2n) is 4.40. The summed E-state index contributed by atoms with van der Waals surface area (Å²) in [5.74, 6) is 0.223. The van der Waals surface area contributed by atoms with Crippen molar-refractivity contribution in [1.29, 1.82) is 0 Å². The van der Waals surface area contributed by atoms with Crippen molar-refractivity contribution in [2.45, 2.75) is 0 Å². The summed E-state index contributed by atoms with van der Waals surface area (Å²) in [5, 5.41) is 13.8. The predicted octanol–water partition coefficient (Wildman–Crippen LogP) is -0.620. The molecule has 0 atom stereocenters. The molecule has 0 saturated carbocycles. The molecule has 0 spiro atoms. The summed E-state index contributed by atoms with van der Waals surface area (Å²) in [5.41, 5.74) is 5.96. The van der Waals surface area contributed by atoms with E-state index in [2.05, 4.69) is 32.6 Å². The molecule has 0 fully saturated rings. The van der Waals surface area contributed by atoms with Gasteiger partial charge in [0.2, 0.25) is 0 Å². The molecule has 0 unspecified atom stereocenters. The molecule has 0 radical (unpaired) electrons. The topological polar surface area (TPSA) is 58.8 Å². The van der Waals surface area contributed by atoms with Gasteiger partial charge < -0.3 is 12.4 Å². The van der Waals surface area contributed by atoms with Crippen molar-refractivity contribution in [3.8, 4) is 17.0 Å². The van der Waals surface area contributed by atoms with E-state index in [0.29, 0.717) is 5.56 Å². The number of hydrazone groups is 1. The Bertz CT molecular complexity index is 759. The van der Waals surface area contributed by atoms with Gasteiger partial charge in [0.15, 0.2) is 0 Å². The zero-order valence-corrected chi connectivity index (χ0v) is 14.0. The first-order valence-corrected chi connectivity index (χ1v) is 8.31. The number of nitrogens with zero attached hydrogens (tertiary/aromatic N) is 1. The Labute approximate surface area is 140 Å². The number of rotatable bonds is 4. The molecule has 0 bridgehead atoms. The summed E-state index contributed by atoms with van der Waals surface area (Å²) in [7, 11) is 0. The molecule has 0 saturated heterocycles. The van der Waals surface area contributed by atoms with Crippen LogP contribution < -0.4 is 22.8 Å². The fourth-order valence-corrected chi connectivity index (χ4v) is 3.35. The van der Waals surface area contributed by atoms with Crippen LogP contribution >= 0.6 is 0 Å². The monoisotopic (exact) mass is 379 g/mol. The Morgan fingerprint density at radius 3 is 2.55 bits per heavy atom. The van der Waals surface area contributed by atoms with Crippen molar-refractivity contribution in [2.24, 2.45) is 5.10 Å². The number of aromatic hydroxyl groups is 1. The van der Waals surface area contributed by atoms with E-state index >= 15 is 0 Å². The minimum Gasteiger partial charge on any atom is -1.00 e. The van der Waals surface area contributed by atoms with Crippen LogP contribution in [0.4, 0.5) is 4.69 Å². The number of phenols is 1. The first kappa shape index (κ1) is 16.3. The predicted molar refractivity (Wildman–Crippen MR) is 84.7 cm³/mol. The number of nitrogens with one attached hydrogen (secondary N) is 2. The van der Waals surface area contributed by atoms with Gasteiger partial charge in [0.05, 0.1) is 0 Å². The molecule has 0 amide bonds. The van der Waals surface area contributed by atoms with Gasteiger partial charge >= 0.3 is 128 Å². The van der Waals surface area contributed by atoms with Gasteiger partial charge in [0.25, 0.3) is 0 Å². The maximum absolute atomic E-state index is 9.65. The van der Waals surface area contributed by atoms with E-state index in [0.717, 1.165) is 10.4 Å². The molecule has 4 nitrogen and oxygen atoms in total. The van der Waals surface area contributed by atoms with Gasteiger partial charge in [-0.25, -0.2) is 0 Å². The van der Waals surface area contributed by atoms with E-state index in [4.69, 9.17) is 0 Å². The molecule has 112 valence electrons. The Kier molecular flexibility index (Phi) is 5.78. The van der Waals surface area contributed by atoms with Crippen LogP contribution in [0, 0.1) is 0 Å². The molecule has 3 aromatic rings. The number of benzene rings is 2. The van der Waals surface area contributed by atoms with E-state index in [1.807, 2.05) is 30.3 Å². The van der Waals surface area contributed by atoms with Crippen LogP contribution in [0.2, 0.25) is 0 Å². The summed E-state index contributed by atoms with van der Waals surface area (Å²) < 4.78 is 0.980. The molecular weight excluding hydrogens is 365 g/mol. The molecule has 22 heavy (non-hydrogen) atoms. The number of para-hydroxylation sites is 1. The minimum absolute atomic E-state index is 0. The van der Waals surface area contributed by atoms with Crippen molar-refractivity contribution >= 4 is 25.4 Å². The molecule has 2 aromatic carbocycles. The molecule has 3 rings (SSSR count). The van der Waals surface area contributed by atoms with Crippen molar-refractivity contribution in [1.82, 2.24) is 0 Å². The largest absolute Gasteiger partial charge is 1.00 e. The van der Waals surface area contributed by atoms with Crippen LogP contribution in [0.5, 0.6) is 5.75 Å². The molecule has 0 aliphatic heterocycles. The number of hydrogen-bond acceptors (Lipinski definition) is 3. The van der Waals surface area contributed by atoms with Crippen molar-refractivity contribution in [2.75, 3.05) is 5.43 Å². The third-order valence-electron chi connectivity index (χ3n) is 2.93. The minimum atomic E-state index is 0. The summed E-state index contributed by atoms with van der Waals surface area (Å²) >= 11 is 0.210. The van der Waals surface area contributed by atoms with Crippen molar-refractivity contribution in [3.63, 3.8) is 0 Å². The zero-order valence-electron chi connectivity index (χ0n) is 11.5. The van der Waals surface area contributed by atoms with Crippen molar-refractivity contribution in [3.05, 3.63) is 65.1 Å². The van der Waals surface area contributed by atoms with Gasteiger partial charge in [0.1, 0.15) is 0 Å². The van der Waals surface area contributed by atoms with E-state index in [9.17, 15) is 5.11 Å². The number of hydrogen-bond donors (Lipinski definition) is 2. The van der Waals surface area contributed by atoms with E-state index in [-0.39, 0.29) is 32.7 Å². The summed E-state index contributed by atoms with van der Waals surface area (Å²) in [6.07, 6.45) is 1.61. The summed E-state index contributed by atoms with van der Waals surface area (Å²) in [4.78, 5) is 5.51. The quantitative estimate of drug-likeness (QED) is 0.361. The maximum atomic E-state index is 9.65. The zero-order chi connectivity index (χ0) is 14.5. The number of halogens is 1. The molecule has 3 N–H and O–H groups in total. The second-order valence-corrected chi connectivity index (χ2v) is 6.24. The maximum Gasteiger partial charge on any atom is -1.00 e. The van der Waals surface area contributed by atoms with Crippen LogP contribution in [-0.4, -0.2) is 25.8 Å². The fourth-order valence-electron chi connectivity index (χ4n) is 1.87. The number of aromatic nitrogens is 1. The number of phenolic OH excluding ortho intramolecular Hbond substituents is 1. The summed E-state index contributed by atoms with van der Waals surface area (Å²) in [6.45, 7) is 0. The average Bonchev–Trinajstić information content (AvgIpc) is 2.99. The normalized spacial score (nSPS) is 10.4. The van der Waals surface area contributed by atoms with Crippen LogP contribution in [0.25, 0.3) is 11.3 Å². The van der Waals surface area contributed by atoms with Gasteiger partial charge in [-0.15, -0.1) is 0 Å². The smallest absolute Gasteiger partial charge is 1.00 e. The summed E-state index contributed by atoms with van der Waals surface area (Å²) in [6, 6.07) is 17.3. The average molecular weight is 379 g/mol. The van der Waals surface area contributed by atoms with Crippen LogP contribution in [-0.2, 0) is 0 Å². The third kappa shape index (κ3) is 3.98. The Hall–Kier alpha value is -2.07. The molecule has 0 aliphatic carbocycles. The van der Waals surface area contributed by atoms with Gasteiger partial charge in [-0.1, -0.05) is 0 Å². The van der Waals surface area contributed by atoms with E-state index in [1.54, 1.807) is 18.3 Å². The van der Waals surface area contributed by atoms with E-state index in [1.165, 1.54) is 5.56 Å². The van der Waals surface area contributed by atoms with Crippen LogP contribution in [0.3, 0.4) is 0 Å². The second kappa shape index (κ2) is 7.80. The Morgan fingerprint density at radius 1 is 1.05 bits per heavy atom. The number of anilines is 1. The van der Waals surface area contributed by atoms with E-state index < -0.39 is 0 Å². The molecule has 1 aromatic heterocycles. The first-order valence-electron chi connectivity index (χ1n) is 6.46. The molecule has 1 heterocycles. The Morgan fingerprint density at radius 2 is 1.77 bits per heavy atom. The van der Waals surface area contributed by atoms with Gasteiger partial charge in [-0.2, -0.15) is 0 Å². The number of aromatic amines is 1. The number of H-pyrrole nitrogens is 1. The van der Waals surface area contributed by atoms with Gasteiger partial charge in [-0.05, 0) is 0 Å². The van der Waals surface area contributed by atoms with Crippen LogP contribution in [0.15, 0.2) is 64.6 Å². The SMILES string of the molecule is Oc1ccccc1/C=N/Nc1[nH+]c(-c2ccccc2)c[se]1.[Cl-]. The first-order chi connectivity index (χ1) is 10.3. The standard InChI is InChI=1S/C16H13N3OSe.ClH/c20-15-9-5-4-8-13(15)10-17-19-16-18-14(11-21-16)12-6-2-1-3-7-12;/h1-11,20H,(H,18,19);1H/b17-10+;. The van der Waals surface area contributed by atoms with Gasteiger partial charge in [-0.3, -0.25) is 0 Å². The van der Waals surface area contributed by atoms with Crippen molar-refractivity contribution < 1.29 is 22.5 Å². The molecular formula is C16H14ClN3OSe. The molecule has 6 heteroatoms. The van der Waals surface area contributed by atoms with Crippen LogP contribution in [0.1, 0.15) is 5.56 Å².